The van der Waals surface area contributed by atoms with Crippen molar-refractivity contribution in [2.75, 3.05) is 6.61 Å². The number of hydrogen-bond donors (Lipinski definition) is 0. The lowest BCUT2D eigenvalue weighted by atomic mass is 10.3. The van der Waals surface area contributed by atoms with Gasteiger partial charge in [-0.05, 0) is 20.8 Å². The van der Waals surface area contributed by atoms with Gasteiger partial charge in [0.2, 0.25) is 0 Å². The van der Waals surface area contributed by atoms with Crippen LogP contribution in [0.3, 0.4) is 0 Å². The molecule has 0 aliphatic rings. The van der Waals surface area contributed by atoms with Gasteiger partial charge >= 0.3 is 5.97 Å². The van der Waals surface area contributed by atoms with Crippen LogP contribution in [0, 0.1) is 13.8 Å². The third-order valence-corrected chi connectivity index (χ3v) is 2.84. The molecule has 0 aromatic carbocycles. The van der Waals surface area contributed by atoms with E-state index >= 15 is 0 Å². The van der Waals surface area contributed by atoms with Gasteiger partial charge in [0.1, 0.15) is 16.6 Å². The van der Waals surface area contributed by atoms with Crippen LogP contribution in [0.15, 0.2) is 6.20 Å². The van der Waals surface area contributed by atoms with Crippen LogP contribution in [0.2, 0.25) is 5.15 Å². The highest BCUT2D eigenvalue weighted by Gasteiger charge is 2.17. The van der Waals surface area contributed by atoms with Gasteiger partial charge in [-0.2, -0.15) is 0 Å². The minimum Gasteiger partial charge on any atom is -0.461 e. The molecule has 0 bridgehead atoms. The van der Waals surface area contributed by atoms with Crippen LogP contribution in [0.4, 0.5) is 0 Å². The molecule has 5 nitrogen and oxygen atoms in total. The van der Waals surface area contributed by atoms with Gasteiger partial charge in [0.15, 0.2) is 5.69 Å². The number of aryl methyl sites for hydroxylation is 2. The first kappa shape index (κ1) is 11.9. The smallest absolute Gasteiger partial charge is 0.357 e. The van der Waals surface area contributed by atoms with Crippen molar-refractivity contribution in [3.05, 3.63) is 28.4 Å². The molecule has 0 amide bonds. The Morgan fingerprint density at radius 2 is 2.24 bits per heavy atom. The zero-order valence-electron chi connectivity index (χ0n) is 9.82. The van der Waals surface area contributed by atoms with E-state index in [0.717, 1.165) is 5.56 Å². The lowest BCUT2D eigenvalue weighted by Crippen LogP contribution is -2.10. The Bertz CT molecular complexity index is 592. The van der Waals surface area contributed by atoms with E-state index in [1.54, 1.807) is 18.2 Å². The number of ether oxygens (including phenoxy) is 1. The summed E-state index contributed by atoms with van der Waals surface area (Å²) in [5, 5.41) is 0.399. The molecule has 0 aliphatic heterocycles. The van der Waals surface area contributed by atoms with Gasteiger partial charge in [-0.1, -0.05) is 11.6 Å². The summed E-state index contributed by atoms with van der Waals surface area (Å²) in [6.45, 7) is 5.66. The minimum absolute atomic E-state index is 0.325. The molecule has 0 unspecified atom stereocenters. The summed E-state index contributed by atoms with van der Waals surface area (Å²) in [5.41, 5.74) is 1.74. The molecule has 0 saturated heterocycles. The molecule has 17 heavy (non-hydrogen) atoms. The number of nitrogens with zero attached hydrogens (tertiary/aromatic N) is 3. The van der Waals surface area contributed by atoms with Crippen LogP contribution in [0.25, 0.3) is 5.65 Å². The summed E-state index contributed by atoms with van der Waals surface area (Å²) >= 11 is 5.96. The number of aromatic nitrogens is 3. The SMILES string of the molecule is CCOC(=O)c1cnc2c(C)c(Cl)nc(C)n12. The maximum atomic E-state index is 11.7. The van der Waals surface area contributed by atoms with Crippen molar-refractivity contribution in [2.45, 2.75) is 20.8 Å². The first-order valence-electron chi connectivity index (χ1n) is 5.23. The normalized spacial score (nSPS) is 10.8. The van der Waals surface area contributed by atoms with Crippen molar-refractivity contribution in [1.29, 1.82) is 0 Å². The number of carbonyl (C=O) groups is 1. The predicted molar refractivity (Wildman–Crippen MR) is 63.4 cm³/mol. The van der Waals surface area contributed by atoms with Crippen molar-refractivity contribution in [3.8, 4) is 0 Å². The van der Waals surface area contributed by atoms with Gasteiger partial charge in [-0.3, -0.25) is 4.40 Å². The van der Waals surface area contributed by atoms with E-state index in [4.69, 9.17) is 16.3 Å². The topological polar surface area (TPSA) is 56.5 Å². The molecule has 2 rings (SSSR count). The summed E-state index contributed by atoms with van der Waals surface area (Å²) in [5.74, 6) is 0.197. The second kappa shape index (κ2) is 4.33. The summed E-state index contributed by atoms with van der Waals surface area (Å²) in [6, 6.07) is 0. The van der Waals surface area contributed by atoms with E-state index in [9.17, 15) is 4.79 Å². The molecule has 0 radical (unpaired) electrons. The van der Waals surface area contributed by atoms with Crippen molar-refractivity contribution >= 4 is 23.2 Å². The molecule has 2 aromatic rings. The van der Waals surface area contributed by atoms with Gasteiger partial charge in [-0.15, -0.1) is 0 Å². The van der Waals surface area contributed by atoms with E-state index in [1.165, 1.54) is 6.20 Å². The van der Waals surface area contributed by atoms with Crippen LogP contribution < -0.4 is 0 Å². The summed E-state index contributed by atoms with van der Waals surface area (Å²) in [7, 11) is 0. The largest absolute Gasteiger partial charge is 0.461 e. The molecular formula is C11H12ClN3O2. The summed E-state index contributed by atoms with van der Waals surface area (Å²) < 4.78 is 6.61. The van der Waals surface area contributed by atoms with Crippen molar-refractivity contribution in [2.24, 2.45) is 0 Å². The van der Waals surface area contributed by atoms with Gasteiger partial charge in [0.25, 0.3) is 0 Å². The Hall–Kier alpha value is -1.62. The first-order chi connectivity index (χ1) is 8.06. The zero-order chi connectivity index (χ0) is 12.6. The number of fused-ring (bicyclic) bond motifs is 1. The fourth-order valence-corrected chi connectivity index (χ4v) is 1.87. The van der Waals surface area contributed by atoms with Crippen molar-refractivity contribution < 1.29 is 9.53 Å². The van der Waals surface area contributed by atoms with Crippen LogP contribution in [0.5, 0.6) is 0 Å². The quantitative estimate of drug-likeness (QED) is 0.608. The van der Waals surface area contributed by atoms with Gasteiger partial charge < -0.3 is 4.74 Å². The predicted octanol–water partition coefficient (Wildman–Crippen LogP) is 2.18. The Labute approximate surface area is 103 Å². The molecule has 2 heterocycles. The van der Waals surface area contributed by atoms with Crippen LogP contribution in [0.1, 0.15) is 28.8 Å². The van der Waals surface area contributed by atoms with Gasteiger partial charge in [0, 0.05) is 5.56 Å². The fraction of sp³-hybridized carbons (Fsp3) is 0.364. The Kier molecular flexibility index (Phi) is 3.02. The van der Waals surface area contributed by atoms with Crippen LogP contribution in [-0.2, 0) is 4.74 Å². The Morgan fingerprint density at radius 1 is 1.53 bits per heavy atom. The van der Waals surface area contributed by atoms with E-state index < -0.39 is 5.97 Å². The molecule has 0 aliphatic carbocycles. The fourth-order valence-electron chi connectivity index (χ4n) is 1.66. The van der Waals surface area contributed by atoms with E-state index in [1.807, 2.05) is 6.92 Å². The highest BCUT2D eigenvalue weighted by atomic mass is 35.5. The maximum Gasteiger partial charge on any atom is 0.357 e. The molecule has 2 aromatic heterocycles. The van der Waals surface area contributed by atoms with E-state index in [0.29, 0.717) is 28.9 Å². The van der Waals surface area contributed by atoms with Crippen molar-refractivity contribution in [3.63, 3.8) is 0 Å². The molecule has 0 spiro atoms. The summed E-state index contributed by atoms with van der Waals surface area (Å²) in [6.07, 6.45) is 1.48. The maximum absolute atomic E-state index is 11.7. The van der Waals surface area contributed by atoms with E-state index in [-0.39, 0.29) is 0 Å². The minimum atomic E-state index is -0.411. The third-order valence-electron chi connectivity index (χ3n) is 2.47. The number of esters is 1. The molecule has 0 saturated carbocycles. The number of halogens is 1. The molecule has 90 valence electrons. The van der Waals surface area contributed by atoms with E-state index in [2.05, 4.69) is 9.97 Å². The Balaban J connectivity index is 2.69. The second-order valence-electron chi connectivity index (χ2n) is 3.60. The molecule has 0 fully saturated rings. The zero-order valence-corrected chi connectivity index (χ0v) is 10.6. The lowest BCUT2D eigenvalue weighted by Gasteiger charge is -2.07. The monoisotopic (exact) mass is 253 g/mol. The number of rotatable bonds is 2. The average molecular weight is 254 g/mol. The Morgan fingerprint density at radius 3 is 2.88 bits per heavy atom. The van der Waals surface area contributed by atoms with Gasteiger partial charge in [0.05, 0.1) is 12.8 Å². The standard InChI is InChI=1S/C11H12ClN3O2/c1-4-17-11(16)8-5-13-10-6(2)9(12)14-7(3)15(8)10/h5H,4H2,1-3H3. The second-order valence-corrected chi connectivity index (χ2v) is 3.96. The lowest BCUT2D eigenvalue weighted by molar-refractivity contribution is 0.0518. The van der Waals surface area contributed by atoms with Crippen LogP contribution in [-0.4, -0.2) is 26.9 Å². The molecule has 0 atom stereocenters. The number of hydrogen-bond acceptors (Lipinski definition) is 4. The molecule has 0 N–H and O–H groups in total. The van der Waals surface area contributed by atoms with Gasteiger partial charge in [-0.25, -0.2) is 14.8 Å². The number of imidazole rings is 1. The highest BCUT2D eigenvalue weighted by molar-refractivity contribution is 6.30. The third kappa shape index (κ3) is 1.86. The van der Waals surface area contributed by atoms with Crippen LogP contribution >= 0.6 is 11.6 Å². The highest BCUT2D eigenvalue weighted by Crippen LogP contribution is 2.20. The summed E-state index contributed by atoms with van der Waals surface area (Å²) in [4.78, 5) is 20.1. The molecule has 6 heteroatoms. The van der Waals surface area contributed by atoms with Crippen molar-refractivity contribution in [1.82, 2.24) is 14.4 Å². The molecular weight excluding hydrogens is 242 g/mol. The first-order valence-corrected chi connectivity index (χ1v) is 5.61. The average Bonchev–Trinajstić information content (AvgIpc) is 2.71. The number of carbonyl (C=O) groups excluding carboxylic acids is 1.